The van der Waals surface area contributed by atoms with Crippen LogP contribution in [-0.2, 0) is 6.54 Å². The summed E-state index contributed by atoms with van der Waals surface area (Å²) in [7, 11) is 0. The van der Waals surface area contributed by atoms with Crippen molar-refractivity contribution in [3.8, 4) is 0 Å². The largest absolute Gasteiger partial charge is 0.464 e. The number of hydrogen-bond donors (Lipinski definition) is 3. The lowest BCUT2D eigenvalue weighted by Crippen LogP contribution is -2.37. The van der Waals surface area contributed by atoms with E-state index in [1.165, 1.54) is 0 Å². The van der Waals surface area contributed by atoms with Crippen LogP contribution in [0.4, 0.5) is 5.95 Å². The molecule has 3 aromatic heterocycles. The summed E-state index contributed by atoms with van der Waals surface area (Å²) >= 11 is 4.86. The fourth-order valence-corrected chi connectivity index (χ4v) is 3.72. The van der Waals surface area contributed by atoms with Crippen LogP contribution in [0.3, 0.4) is 0 Å². The van der Waals surface area contributed by atoms with Gasteiger partial charge < -0.3 is 20.8 Å². The number of imidazole rings is 1. The van der Waals surface area contributed by atoms with Crippen LogP contribution in [0.15, 0.2) is 34.9 Å². The van der Waals surface area contributed by atoms with Crippen molar-refractivity contribution in [3.63, 3.8) is 0 Å². The van der Waals surface area contributed by atoms with Crippen molar-refractivity contribution in [2.75, 3.05) is 31.5 Å². The summed E-state index contributed by atoms with van der Waals surface area (Å²) in [5, 5.41) is 6.97. The van der Waals surface area contributed by atoms with Crippen LogP contribution in [0.25, 0.3) is 11.2 Å². The molecule has 28 heavy (non-hydrogen) atoms. The quantitative estimate of drug-likeness (QED) is 0.517. The van der Waals surface area contributed by atoms with E-state index in [4.69, 9.17) is 27.4 Å². The molecule has 1 fully saturated rings. The molecule has 0 spiro atoms. The summed E-state index contributed by atoms with van der Waals surface area (Å²) in [5.41, 5.74) is 7.22. The third-order valence-corrected chi connectivity index (χ3v) is 5.09. The smallest absolute Gasteiger partial charge is 0.205 e. The fourth-order valence-electron chi connectivity index (χ4n) is 3.62. The van der Waals surface area contributed by atoms with Crippen molar-refractivity contribution in [1.82, 2.24) is 24.8 Å². The lowest BCUT2D eigenvalue weighted by Gasteiger charge is -2.17. The van der Waals surface area contributed by atoms with Gasteiger partial charge in [-0.05, 0) is 49.8 Å². The van der Waals surface area contributed by atoms with E-state index in [2.05, 4.69) is 25.1 Å². The molecule has 0 aliphatic carbocycles. The normalized spacial score (nSPS) is 17.2. The lowest BCUT2D eigenvalue weighted by atomic mass is 10.3. The highest BCUT2D eigenvalue weighted by molar-refractivity contribution is 7.80. The molecule has 8 nitrogen and oxygen atoms in total. The molecule has 9 heteroatoms. The third-order valence-electron chi connectivity index (χ3n) is 4.95. The molecule has 1 unspecified atom stereocenters. The Morgan fingerprint density at radius 2 is 2.29 bits per heavy atom. The molecule has 0 amide bonds. The average Bonchev–Trinajstić information content (AvgIpc) is 3.36. The molecule has 1 aliphatic rings. The molecule has 0 saturated carbocycles. The number of likely N-dealkylation sites (tertiary alicyclic amines) is 1. The van der Waals surface area contributed by atoms with E-state index in [-0.39, 0.29) is 0 Å². The van der Waals surface area contributed by atoms with Gasteiger partial charge in [-0.2, -0.15) is 0 Å². The Hall–Kier alpha value is -2.65. The Morgan fingerprint density at radius 3 is 3.07 bits per heavy atom. The predicted molar refractivity (Wildman–Crippen MR) is 113 cm³/mol. The molecule has 4 heterocycles. The van der Waals surface area contributed by atoms with Crippen LogP contribution in [0.1, 0.15) is 17.9 Å². The Balaban J connectivity index is 1.47. The zero-order chi connectivity index (χ0) is 19.5. The highest BCUT2D eigenvalue weighted by Gasteiger charge is 2.24. The molecule has 1 aliphatic heterocycles. The molecular weight excluding hydrogens is 374 g/mol. The molecule has 0 radical (unpaired) electrons. The van der Waals surface area contributed by atoms with Crippen LogP contribution >= 0.6 is 12.2 Å². The number of nitrogens with zero attached hydrogens (tertiary/aromatic N) is 4. The van der Waals surface area contributed by atoms with E-state index in [1.807, 2.05) is 31.2 Å². The lowest BCUT2D eigenvalue weighted by molar-refractivity contribution is 0.341. The number of furan rings is 1. The van der Waals surface area contributed by atoms with Crippen LogP contribution in [0.5, 0.6) is 0 Å². The van der Waals surface area contributed by atoms with E-state index < -0.39 is 0 Å². The fraction of sp³-hybridized carbons (Fsp3) is 0.421. The number of fused-ring (bicyclic) bond motifs is 1. The number of nitrogens with two attached hydrogens (primary N) is 1. The highest BCUT2D eigenvalue weighted by Crippen LogP contribution is 2.22. The van der Waals surface area contributed by atoms with Crippen LogP contribution in [0.2, 0.25) is 0 Å². The first-order chi connectivity index (χ1) is 13.6. The van der Waals surface area contributed by atoms with Crippen molar-refractivity contribution < 1.29 is 4.42 Å². The second kappa shape index (κ2) is 8.15. The first-order valence-corrected chi connectivity index (χ1v) is 9.88. The Bertz CT molecular complexity index is 966. The van der Waals surface area contributed by atoms with Crippen molar-refractivity contribution in [3.05, 3.63) is 42.0 Å². The van der Waals surface area contributed by atoms with Gasteiger partial charge in [-0.1, -0.05) is 0 Å². The number of pyridine rings is 1. The summed E-state index contributed by atoms with van der Waals surface area (Å²) in [6, 6.07) is 8.20. The predicted octanol–water partition coefficient (Wildman–Crippen LogP) is 1.70. The van der Waals surface area contributed by atoms with Gasteiger partial charge in [0.05, 0.1) is 6.54 Å². The molecule has 1 atom stereocenters. The van der Waals surface area contributed by atoms with Gasteiger partial charge in [-0.3, -0.25) is 9.47 Å². The average molecular weight is 400 g/mol. The van der Waals surface area contributed by atoms with Gasteiger partial charge >= 0.3 is 0 Å². The van der Waals surface area contributed by atoms with Crippen LogP contribution in [-0.4, -0.2) is 56.8 Å². The molecule has 4 N–H and O–H groups in total. The number of aromatic nitrogens is 3. The Labute approximate surface area is 169 Å². The molecule has 0 aromatic carbocycles. The molecule has 0 bridgehead atoms. The molecule has 1 saturated heterocycles. The zero-order valence-corrected chi connectivity index (χ0v) is 16.7. The van der Waals surface area contributed by atoms with Gasteiger partial charge in [0.15, 0.2) is 10.8 Å². The summed E-state index contributed by atoms with van der Waals surface area (Å²) in [4.78, 5) is 11.7. The van der Waals surface area contributed by atoms with Crippen molar-refractivity contribution >= 4 is 34.4 Å². The third kappa shape index (κ3) is 4.26. The summed E-state index contributed by atoms with van der Waals surface area (Å²) in [6.07, 6.45) is 2.85. The second-order valence-corrected chi connectivity index (χ2v) is 7.54. The highest BCUT2D eigenvalue weighted by atomic mass is 32.1. The van der Waals surface area contributed by atoms with Crippen LogP contribution < -0.4 is 16.4 Å². The maximum atomic E-state index is 5.77. The number of thiocarbonyl (C=S) groups is 1. The Morgan fingerprint density at radius 1 is 1.39 bits per heavy atom. The summed E-state index contributed by atoms with van der Waals surface area (Å²) < 4.78 is 7.86. The van der Waals surface area contributed by atoms with E-state index in [0.29, 0.717) is 17.7 Å². The van der Waals surface area contributed by atoms with Crippen molar-refractivity contribution in [1.29, 1.82) is 0 Å². The summed E-state index contributed by atoms with van der Waals surface area (Å²) in [5.74, 6) is 2.62. The number of anilines is 1. The molecule has 4 rings (SSSR count). The second-order valence-electron chi connectivity index (χ2n) is 7.10. The number of nitrogens with one attached hydrogen (secondary N) is 2. The zero-order valence-electron chi connectivity index (χ0n) is 15.9. The molecular formula is C19H25N7OS. The maximum absolute atomic E-state index is 5.77. The van der Waals surface area contributed by atoms with Gasteiger partial charge in [0.1, 0.15) is 17.0 Å². The van der Waals surface area contributed by atoms with E-state index in [9.17, 15) is 0 Å². The van der Waals surface area contributed by atoms with Gasteiger partial charge in [-0.25, -0.2) is 9.97 Å². The van der Waals surface area contributed by atoms with E-state index in [1.54, 1.807) is 6.20 Å². The standard InChI is InChI=1S/C19H25N7OS/c1-13-4-5-15(27-13)12-26-17-16(3-2-7-21-17)24-19(26)23-14-6-9-25(11-14)10-8-22-18(20)28/h2-5,7,14H,6,8-12H2,1H3,(H,23,24)(H3,20,22,28). The minimum Gasteiger partial charge on any atom is -0.464 e. The van der Waals surface area contributed by atoms with E-state index in [0.717, 1.165) is 61.2 Å². The minimum absolute atomic E-state index is 0.332. The van der Waals surface area contributed by atoms with Gasteiger partial charge in [0, 0.05) is 38.4 Å². The topological polar surface area (TPSA) is 97.2 Å². The van der Waals surface area contributed by atoms with Crippen LogP contribution in [0, 0.1) is 6.92 Å². The minimum atomic E-state index is 0.332. The van der Waals surface area contributed by atoms with Crippen molar-refractivity contribution in [2.45, 2.75) is 25.9 Å². The monoisotopic (exact) mass is 399 g/mol. The Kier molecular flexibility index (Phi) is 5.45. The molecule has 3 aromatic rings. The van der Waals surface area contributed by atoms with Crippen molar-refractivity contribution in [2.24, 2.45) is 5.73 Å². The SMILES string of the molecule is Cc1ccc(Cn2c(NC3CCN(CCNC(N)=S)C3)nc3cccnc32)o1. The maximum Gasteiger partial charge on any atom is 0.205 e. The first-order valence-electron chi connectivity index (χ1n) is 9.47. The van der Waals surface area contributed by atoms with E-state index >= 15 is 0 Å². The first kappa shape index (κ1) is 18.7. The van der Waals surface area contributed by atoms with Gasteiger partial charge in [0.25, 0.3) is 0 Å². The van der Waals surface area contributed by atoms with Gasteiger partial charge in [-0.15, -0.1) is 0 Å². The number of aryl methyl sites for hydroxylation is 1. The van der Waals surface area contributed by atoms with Gasteiger partial charge in [0.2, 0.25) is 5.95 Å². The summed E-state index contributed by atoms with van der Waals surface area (Å²) in [6.45, 7) is 6.22. The number of rotatable bonds is 7. The number of hydrogen-bond acceptors (Lipinski definition) is 6. The molecule has 148 valence electrons.